The van der Waals surface area contributed by atoms with Gasteiger partial charge in [0.25, 0.3) is 0 Å². The summed E-state index contributed by atoms with van der Waals surface area (Å²) in [5, 5.41) is 14.0. The highest BCUT2D eigenvalue weighted by atomic mass is 35.5. The lowest BCUT2D eigenvalue weighted by Crippen LogP contribution is -2.35. The summed E-state index contributed by atoms with van der Waals surface area (Å²) < 4.78 is 5.30. The highest BCUT2D eigenvalue weighted by Crippen LogP contribution is 2.30. The second-order valence-corrected chi connectivity index (χ2v) is 5.23. The van der Waals surface area contributed by atoms with E-state index >= 15 is 0 Å². The Hall–Kier alpha value is -0.970. The lowest BCUT2D eigenvalue weighted by Gasteiger charge is -2.22. The Balaban J connectivity index is 2.63. The molecular formula is C15H25ClN2O2. The van der Waals surface area contributed by atoms with Crippen LogP contribution in [0.15, 0.2) is 12.1 Å². The van der Waals surface area contributed by atoms with Gasteiger partial charge in [0.2, 0.25) is 0 Å². The molecule has 114 valence electrons. The smallest absolute Gasteiger partial charge is 0.143 e. The Morgan fingerprint density at radius 3 is 2.55 bits per heavy atom. The predicted molar refractivity (Wildman–Crippen MR) is 85.0 cm³/mol. The monoisotopic (exact) mass is 300 g/mol. The van der Waals surface area contributed by atoms with E-state index in [0.717, 1.165) is 24.3 Å². The summed E-state index contributed by atoms with van der Waals surface area (Å²) in [5.74, 6) is 0.690. The van der Waals surface area contributed by atoms with Crippen molar-refractivity contribution < 1.29 is 9.84 Å². The fourth-order valence-electron chi connectivity index (χ4n) is 2.04. The Kier molecular flexibility index (Phi) is 7.13. The summed E-state index contributed by atoms with van der Waals surface area (Å²) in [4.78, 5) is 2.19. The van der Waals surface area contributed by atoms with E-state index in [0.29, 0.717) is 23.9 Å². The molecule has 0 aliphatic heterocycles. The number of rotatable bonds is 8. The molecule has 1 aromatic rings. The zero-order chi connectivity index (χ0) is 15.1. The molecule has 1 atom stereocenters. The van der Waals surface area contributed by atoms with E-state index in [4.69, 9.17) is 16.3 Å². The number of ether oxygens (including phenoxy) is 1. The summed E-state index contributed by atoms with van der Waals surface area (Å²) in [6, 6.07) is 3.72. The van der Waals surface area contributed by atoms with Crippen molar-refractivity contribution >= 4 is 17.3 Å². The Morgan fingerprint density at radius 1 is 1.35 bits per heavy atom. The summed E-state index contributed by atoms with van der Waals surface area (Å²) in [6.45, 7) is 9.15. The Bertz CT molecular complexity index is 423. The van der Waals surface area contributed by atoms with E-state index < -0.39 is 6.10 Å². The van der Waals surface area contributed by atoms with Gasteiger partial charge in [-0.2, -0.15) is 0 Å². The number of methoxy groups -OCH3 is 1. The first-order valence-electron chi connectivity index (χ1n) is 7.00. The maximum Gasteiger partial charge on any atom is 0.143 e. The first-order valence-corrected chi connectivity index (χ1v) is 7.38. The first-order chi connectivity index (χ1) is 9.51. The van der Waals surface area contributed by atoms with Gasteiger partial charge < -0.3 is 20.1 Å². The van der Waals surface area contributed by atoms with Crippen molar-refractivity contribution in [2.45, 2.75) is 26.9 Å². The maximum absolute atomic E-state index is 10.1. The van der Waals surface area contributed by atoms with Gasteiger partial charge in [0.05, 0.1) is 18.9 Å². The van der Waals surface area contributed by atoms with Gasteiger partial charge in [-0.05, 0) is 31.6 Å². The lowest BCUT2D eigenvalue weighted by atomic mass is 10.2. The number of aryl methyl sites for hydroxylation is 1. The molecule has 0 bridgehead atoms. The summed E-state index contributed by atoms with van der Waals surface area (Å²) in [6.07, 6.45) is -0.421. The predicted octanol–water partition coefficient (Wildman–Crippen LogP) is 2.77. The van der Waals surface area contributed by atoms with Gasteiger partial charge in [0, 0.05) is 24.2 Å². The van der Waals surface area contributed by atoms with Crippen molar-refractivity contribution in [3.8, 4) is 5.75 Å². The van der Waals surface area contributed by atoms with Gasteiger partial charge in [0.15, 0.2) is 0 Å². The molecule has 0 amide bonds. The van der Waals surface area contributed by atoms with Crippen LogP contribution in [0.3, 0.4) is 0 Å². The van der Waals surface area contributed by atoms with Gasteiger partial charge >= 0.3 is 0 Å². The van der Waals surface area contributed by atoms with Gasteiger partial charge in [0.1, 0.15) is 5.75 Å². The third-order valence-corrected chi connectivity index (χ3v) is 3.78. The van der Waals surface area contributed by atoms with E-state index in [1.807, 2.05) is 13.0 Å². The fourth-order valence-corrected chi connectivity index (χ4v) is 2.20. The zero-order valence-corrected chi connectivity index (χ0v) is 13.5. The minimum Gasteiger partial charge on any atom is -0.495 e. The minimum atomic E-state index is -0.421. The molecule has 0 spiro atoms. The minimum absolute atomic E-state index is 0.421. The third kappa shape index (κ3) is 4.85. The number of halogens is 1. The highest BCUT2D eigenvalue weighted by Gasteiger charge is 2.11. The van der Waals surface area contributed by atoms with Crippen LogP contribution >= 0.6 is 11.6 Å². The molecule has 1 aromatic carbocycles. The topological polar surface area (TPSA) is 44.7 Å². The highest BCUT2D eigenvalue weighted by molar-refractivity contribution is 6.31. The van der Waals surface area contributed by atoms with Crippen molar-refractivity contribution in [1.29, 1.82) is 0 Å². The second kappa shape index (κ2) is 8.35. The van der Waals surface area contributed by atoms with Gasteiger partial charge in [-0.1, -0.05) is 25.4 Å². The molecule has 0 aliphatic rings. The molecular weight excluding hydrogens is 276 g/mol. The van der Waals surface area contributed by atoms with E-state index in [1.54, 1.807) is 13.2 Å². The van der Waals surface area contributed by atoms with Crippen LogP contribution in [0.4, 0.5) is 5.69 Å². The van der Waals surface area contributed by atoms with Crippen molar-refractivity contribution in [3.63, 3.8) is 0 Å². The number of benzene rings is 1. The fraction of sp³-hybridized carbons (Fsp3) is 0.600. The second-order valence-electron chi connectivity index (χ2n) is 4.82. The maximum atomic E-state index is 10.1. The largest absolute Gasteiger partial charge is 0.495 e. The van der Waals surface area contributed by atoms with Crippen LogP contribution in [0, 0.1) is 6.92 Å². The molecule has 1 rings (SSSR count). The molecule has 20 heavy (non-hydrogen) atoms. The van der Waals surface area contributed by atoms with Crippen LogP contribution in [0.25, 0.3) is 0 Å². The number of nitrogens with one attached hydrogen (secondary N) is 1. The lowest BCUT2D eigenvalue weighted by molar-refractivity contribution is 0.128. The number of aliphatic hydroxyl groups is 1. The number of hydrogen-bond donors (Lipinski definition) is 2. The van der Waals surface area contributed by atoms with Crippen LogP contribution in [0.1, 0.15) is 19.4 Å². The van der Waals surface area contributed by atoms with Crippen LogP contribution < -0.4 is 10.1 Å². The molecule has 0 aromatic heterocycles. The van der Waals surface area contributed by atoms with Crippen molar-refractivity contribution in [2.75, 3.05) is 38.6 Å². The molecule has 0 radical (unpaired) electrons. The van der Waals surface area contributed by atoms with Crippen molar-refractivity contribution in [2.24, 2.45) is 0 Å². The Labute approximate surface area is 126 Å². The van der Waals surface area contributed by atoms with Crippen molar-refractivity contribution in [3.05, 3.63) is 22.7 Å². The summed E-state index contributed by atoms with van der Waals surface area (Å²) in [7, 11) is 1.61. The SMILES string of the molecule is CCN(CC)CC(O)CNc1cc(C)c(Cl)cc1OC. The molecule has 4 nitrogen and oxygen atoms in total. The molecule has 0 saturated heterocycles. The molecule has 0 heterocycles. The summed E-state index contributed by atoms with van der Waals surface area (Å²) in [5.41, 5.74) is 1.83. The van der Waals surface area contributed by atoms with E-state index in [-0.39, 0.29) is 0 Å². The summed E-state index contributed by atoms with van der Waals surface area (Å²) >= 11 is 6.07. The molecule has 5 heteroatoms. The van der Waals surface area contributed by atoms with E-state index in [1.165, 1.54) is 0 Å². The number of likely N-dealkylation sites (N-methyl/N-ethyl adjacent to an activating group) is 1. The third-order valence-electron chi connectivity index (χ3n) is 3.37. The zero-order valence-electron chi connectivity index (χ0n) is 12.7. The van der Waals surface area contributed by atoms with E-state index in [9.17, 15) is 5.11 Å². The van der Waals surface area contributed by atoms with E-state index in [2.05, 4.69) is 24.1 Å². The number of nitrogens with zero attached hydrogens (tertiary/aromatic N) is 1. The van der Waals surface area contributed by atoms with Crippen LogP contribution in [-0.4, -0.2) is 49.4 Å². The number of aliphatic hydroxyl groups excluding tert-OH is 1. The van der Waals surface area contributed by atoms with Gasteiger partial charge in [-0.15, -0.1) is 0 Å². The Morgan fingerprint density at radius 2 is 2.00 bits per heavy atom. The van der Waals surface area contributed by atoms with Gasteiger partial charge in [-0.3, -0.25) is 0 Å². The van der Waals surface area contributed by atoms with Gasteiger partial charge in [-0.25, -0.2) is 0 Å². The quantitative estimate of drug-likeness (QED) is 0.775. The average Bonchev–Trinajstić information content (AvgIpc) is 2.45. The normalized spacial score (nSPS) is 12.6. The van der Waals surface area contributed by atoms with Crippen LogP contribution in [0.5, 0.6) is 5.75 Å². The molecule has 1 unspecified atom stereocenters. The molecule has 0 fully saturated rings. The number of anilines is 1. The van der Waals surface area contributed by atoms with Crippen LogP contribution in [0.2, 0.25) is 5.02 Å². The number of hydrogen-bond acceptors (Lipinski definition) is 4. The molecule has 0 aliphatic carbocycles. The molecule has 0 saturated carbocycles. The standard InChI is InChI=1S/C15H25ClN2O2/c1-5-18(6-2)10-12(19)9-17-14-7-11(3)13(16)8-15(14)20-4/h7-8,12,17,19H,5-6,9-10H2,1-4H3. The van der Waals surface area contributed by atoms with Crippen molar-refractivity contribution in [1.82, 2.24) is 4.90 Å². The molecule has 2 N–H and O–H groups in total. The average molecular weight is 301 g/mol. The first kappa shape index (κ1) is 17.1. The van der Waals surface area contributed by atoms with Crippen LogP contribution in [-0.2, 0) is 0 Å².